The number of aromatic nitrogens is 1. The molecule has 0 aliphatic carbocycles. The van der Waals surface area contributed by atoms with E-state index in [0.717, 1.165) is 0 Å². The predicted molar refractivity (Wildman–Crippen MR) is 77.4 cm³/mol. The predicted octanol–water partition coefficient (Wildman–Crippen LogP) is 2.59. The lowest BCUT2D eigenvalue weighted by molar-refractivity contribution is -0.384. The number of amides is 1. The maximum absolute atomic E-state index is 12.0. The van der Waals surface area contributed by atoms with Crippen LogP contribution in [-0.2, 0) is 0 Å². The van der Waals surface area contributed by atoms with Gasteiger partial charge in [-0.15, -0.1) is 0 Å². The van der Waals surface area contributed by atoms with Crippen LogP contribution in [-0.4, -0.2) is 15.8 Å². The Morgan fingerprint density at radius 2 is 2.15 bits per heavy atom. The van der Waals surface area contributed by atoms with Crippen molar-refractivity contribution >= 4 is 39.0 Å². The third kappa shape index (κ3) is 2.91. The topological polar surface area (TPSA) is 111 Å². The Hall–Kier alpha value is -2.48. The van der Waals surface area contributed by atoms with E-state index in [4.69, 9.17) is 5.73 Å². The molecular formula is C12H9BrN4O3. The smallest absolute Gasteiger partial charge is 0.271 e. The Morgan fingerprint density at radius 1 is 1.40 bits per heavy atom. The number of hydrogen-bond donors (Lipinski definition) is 2. The summed E-state index contributed by atoms with van der Waals surface area (Å²) in [7, 11) is 0. The highest BCUT2D eigenvalue weighted by Crippen LogP contribution is 2.27. The van der Waals surface area contributed by atoms with Gasteiger partial charge in [0, 0.05) is 22.8 Å². The molecular weight excluding hydrogens is 328 g/mol. The van der Waals surface area contributed by atoms with Gasteiger partial charge in [-0.3, -0.25) is 14.9 Å². The maximum Gasteiger partial charge on any atom is 0.271 e. The number of non-ortho nitro benzene ring substituents is 1. The SMILES string of the molecule is Nc1ncccc1C(=O)Nc1cc([N+](=O)[O-])ccc1Br. The molecule has 1 heterocycles. The van der Waals surface area contributed by atoms with Gasteiger partial charge < -0.3 is 11.1 Å². The first-order valence-corrected chi connectivity index (χ1v) is 6.24. The van der Waals surface area contributed by atoms with E-state index in [2.05, 4.69) is 26.2 Å². The van der Waals surface area contributed by atoms with Gasteiger partial charge in [0.25, 0.3) is 11.6 Å². The zero-order chi connectivity index (χ0) is 14.7. The molecule has 0 spiro atoms. The summed E-state index contributed by atoms with van der Waals surface area (Å²) < 4.78 is 0.527. The van der Waals surface area contributed by atoms with E-state index in [1.807, 2.05) is 0 Å². The van der Waals surface area contributed by atoms with Crippen LogP contribution in [0.25, 0.3) is 0 Å². The van der Waals surface area contributed by atoms with E-state index in [0.29, 0.717) is 4.47 Å². The second kappa shape index (κ2) is 5.66. The van der Waals surface area contributed by atoms with E-state index in [1.54, 1.807) is 6.07 Å². The second-order valence-electron chi connectivity index (χ2n) is 3.81. The zero-order valence-corrected chi connectivity index (χ0v) is 11.6. The van der Waals surface area contributed by atoms with Crippen molar-refractivity contribution in [2.24, 2.45) is 0 Å². The fraction of sp³-hybridized carbons (Fsp3) is 0. The number of carbonyl (C=O) groups is 1. The van der Waals surface area contributed by atoms with Crippen molar-refractivity contribution in [2.45, 2.75) is 0 Å². The van der Waals surface area contributed by atoms with Crippen molar-refractivity contribution in [1.29, 1.82) is 0 Å². The minimum absolute atomic E-state index is 0.0894. The Labute approximate surface area is 122 Å². The second-order valence-corrected chi connectivity index (χ2v) is 4.67. The summed E-state index contributed by atoms with van der Waals surface area (Å²) in [6.07, 6.45) is 1.47. The number of hydrogen-bond acceptors (Lipinski definition) is 5. The molecule has 0 saturated carbocycles. The number of nitrogens with one attached hydrogen (secondary N) is 1. The van der Waals surface area contributed by atoms with E-state index in [1.165, 1.54) is 30.5 Å². The van der Waals surface area contributed by atoms with Crippen molar-refractivity contribution in [2.75, 3.05) is 11.1 Å². The van der Waals surface area contributed by atoms with E-state index >= 15 is 0 Å². The number of nitrogens with zero attached hydrogens (tertiary/aromatic N) is 2. The number of carbonyl (C=O) groups excluding carboxylic acids is 1. The molecule has 3 N–H and O–H groups in total. The minimum atomic E-state index is -0.541. The number of rotatable bonds is 3. The number of benzene rings is 1. The van der Waals surface area contributed by atoms with Gasteiger partial charge in [0.1, 0.15) is 5.82 Å². The quantitative estimate of drug-likeness (QED) is 0.660. The van der Waals surface area contributed by atoms with Gasteiger partial charge in [0.15, 0.2) is 0 Å². The van der Waals surface area contributed by atoms with Gasteiger partial charge in [0.05, 0.1) is 16.2 Å². The van der Waals surface area contributed by atoms with Crippen LogP contribution in [0.15, 0.2) is 41.0 Å². The van der Waals surface area contributed by atoms with Crippen molar-refractivity contribution < 1.29 is 9.72 Å². The molecule has 0 bridgehead atoms. The molecule has 102 valence electrons. The third-order valence-corrected chi connectivity index (χ3v) is 3.18. The standard InChI is InChI=1S/C12H9BrN4O3/c13-9-4-3-7(17(19)20)6-10(9)16-12(18)8-2-1-5-15-11(8)14/h1-6H,(H2,14,15)(H,16,18). The van der Waals surface area contributed by atoms with Crippen LogP contribution in [0.2, 0.25) is 0 Å². The molecule has 2 aromatic rings. The largest absolute Gasteiger partial charge is 0.383 e. The number of nitrogen functional groups attached to an aromatic ring is 1. The average molecular weight is 337 g/mol. The van der Waals surface area contributed by atoms with Crippen molar-refractivity contribution in [3.8, 4) is 0 Å². The molecule has 0 saturated heterocycles. The lowest BCUT2D eigenvalue weighted by atomic mass is 10.2. The van der Waals surface area contributed by atoms with E-state index < -0.39 is 10.8 Å². The Kier molecular flexibility index (Phi) is 3.94. The first-order chi connectivity index (χ1) is 9.49. The number of nitrogens with two attached hydrogens (primary N) is 1. The summed E-state index contributed by atoms with van der Waals surface area (Å²) in [5.41, 5.74) is 5.96. The Bertz CT molecular complexity index is 690. The molecule has 2 rings (SSSR count). The first-order valence-electron chi connectivity index (χ1n) is 5.45. The van der Waals surface area contributed by atoms with Crippen LogP contribution >= 0.6 is 15.9 Å². The lowest BCUT2D eigenvalue weighted by Crippen LogP contribution is -2.15. The summed E-state index contributed by atoms with van der Waals surface area (Å²) >= 11 is 3.21. The van der Waals surface area contributed by atoms with Crippen LogP contribution < -0.4 is 11.1 Å². The van der Waals surface area contributed by atoms with Gasteiger partial charge in [-0.25, -0.2) is 4.98 Å². The number of nitro groups is 1. The Morgan fingerprint density at radius 3 is 2.80 bits per heavy atom. The van der Waals surface area contributed by atoms with Crippen LogP contribution in [0.3, 0.4) is 0 Å². The van der Waals surface area contributed by atoms with Gasteiger partial charge in [-0.1, -0.05) is 0 Å². The highest BCUT2D eigenvalue weighted by atomic mass is 79.9. The third-order valence-electron chi connectivity index (χ3n) is 2.49. The molecule has 1 amide bonds. The van der Waals surface area contributed by atoms with Gasteiger partial charge in [-0.05, 0) is 34.1 Å². The fourth-order valence-corrected chi connectivity index (χ4v) is 1.87. The normalized spacial score (nSPS) is 10.1. The molecule has 0 aliphatic rings. The van der Waals surface area contributed by atoms with E-state index in [9.17, 15) is 14.9 Å². The summed E-state index contributed by atoms with van der Waals surface area (Å²) in [6.45, 7) is 0. The molecule has 0 atom stereocenters. The number of anilines is 2. The van der Waals surface area contributed by atoms with Crippen LogP contribution in [0, 0.1) is 10.1 Å². The average Bonchev–Trinajstić information content (AvgIpc) is 2.41. The van der Waals surface area contributed by atoms with Crippen LogP contribution in [0.5, 0.6) is 0 Å². The van der Waals surface area contributed by atoms with Gasteiger partial charge in [-0.2, -0.15) is 0 Å². The summed E-state index contributed by atoms with van der Waals surface area (Å²) in [6, 6.07) is 7.17. The van der Waals surface area contributed by atoms with Crippen molar-refractivity contribution in [1.82, 2.24) is 4.98 Å². The summed E-state index contributed by atoms with van der Waals surface area (Å²) in [5, 5.41) is 13.3. The fourth-order valence-electron chi connectivity index (χ4n) is 1.52. The molecule has 1 aromatic carbocycles. The first kappa shape index (κ1) is 13.9. The highest BCUT2D eigenvalue weighted by Gasteiger charge is 2.14. The number of nitro benzene ring substituents is 1. The zero-order valence-electron chi connectivity index (χ0n) is 10.0. The molecule has 7 nitrogen and oxygen atoms in total. The molecule has 0 aliphatic heterocycles. The van der Waals surface area contributed by atoms with Crippen LogP contribution in [0.1, 0.15) is 10.4 Å². The van der Waals surface area contributed by atoms with E-state index in [-0.39, 0.29) is 22.8 Å². The van der Waals surface area contributed by atoms with Gasteiger partial charge >= 0.3 is 0 Å². The summed E-state index contributed by atoms with van der Waals surface area (Å²) in [5.74, 6) is -0.400. The maximum atomic E-state index is 12.0. The lowest BCUT2D eigenvalue weighted by Gasteiger charge is -2.08. The number of halogens is 1. The molecule has 1 aromatic heterocycles. The molecule has 20 heavy (non-hydrogen) atoms. The minimum Gasteiger partial charge on any atom is -0.383 e. The van der Waals surface area contributed by atoms with Crippen molar-refractivity contribution in [3.05, 3.63) is 56.7 Å². The van der Waals surface area contributed by atoms with Gasteiger partial charge in [0.2, 0.25) is 0 Å². The molecule has 0 unspecified atom stereocenters. The molecule has 0 radical (unpaired) electrons. The van der Waals surface area contributed by atoms with Crippen LogP contribution in [0.4, 0.5) is 17.2 Å². The monoisotopic (exact) mass is 336 g/mol. The highest BCUT2D eigenvalue weighted by molar-refractivity contribution is 9.10. The summed E-state index contributed by atoms with van der Waals surface area (Å²) in [4.78, 5) is 26.0. The number of pyridine rings is 1. The molecule has 8 heteroatoms. The molecule has 0 fully saturated rings. The van der Waals surface area contributed by atoms with Crippen molar-refractivity contribution in [3.63, 3.8) is 0 Å². The Balaban J connectivity index is 2.30.